The standard InChI is InChI=1S/C15H13Cl2NO2/c1-8(2)13-5-9(3-4-14(19)20)11-6-10(16)7-12(17)15(11)18-13/h3-8H,1-2H3,(H,19,20)/b4-3+. The number of rotatable bonds is 3. The summed E-state index contributed by atoms with van der Waals surface area (Å²) in [5.74, 6) is -0.794. The highest BCUT2D eigenvalue weighted by Gasteiger charge is 2.11. The van der Waals surface area contributed by atoms with E-state index >= 15 is 0 Å². The molecular formula is C15H13Cl2NO2. The lowest BCUT2D eigenvalue weighted by molar-refractivity contribution is -0.131. The second-order valence-corrected chi connectivity index (χ2v) is 5.59. The van der Waals surface area contributed by atoms with Crippen molar-refractivity contribution in [2.24, 2.45) is 0 Å². The Morgan fingerprint density at radius 1 is 1.30 bits per heavy atom. The minimum absolute atomic E-state index is 0.211. The van der Waals surface area contributed by atoms with Gasteiger partial charge in [0.2, 0.25) is 0 Å². The Balaban J connectivity index is 2.77. The van der Waals surface area contributed by atoms with Crippen molar-refractivity contribution in [1.82, 2.24) is 4.98 Å². The predicted octanol–water partition coefficient (Wildman–Crippen LogP) is 4.76. The van der Waals surface area contributed by atoms with E-state index in [1.54, 1.807) is 12.1 Å². The van der Waals surface area contributed by atoms with Gasteiger partial charge in [0, 0.05) is 22.2 Å². The van der Waals surface area contributed by atoms with E-state index in [-0.39, 0.29) is 5.92 Å². The molecule has 1 N–H and O–H groups in total. The Bertz CT molecular complexity index is 709. The third-order valence-corrected chi connectivity index (χ3v) is 3.39. The fraction of sp³-hybridized carbons (Fsp3) is 0.200. The maximum Gasteiger partial charge on any atom is 0.328 e. The lowest BCUT2D eigenvalue weighted by atomic mass is 10.0. The highest BCUT2D eigenvalue weighted by Crippen LogP contribution is 2.31. The van der Waals surface area contributed by atoms with E-state index in [0.29, 0.717) is 15.6 Å². The number of fused-ring (bicyclic) bond motifs is 1. The minimum atomic E-state index is -1.01. The number of hydrogen-bond donors (Lipinski definition) is 1. The monoisotopic (exact) mass is 309 g/mol. The molecule has 1 aromatic carbocycles. The number of nitrogens with zero attached hydrogens (tertiary/aromatic N) is 1. The summed E-state index contributed by atoms with van der Waals surface area (Å²) in [4.78, 5) is 15.2. The summed E-state index contributed by atoms with van der Waals surface area (Å²) in [5, 5.41) is 10.5. The summed E-state index contributed by atoms with van der Waals surface area (Å²) in [6, 6.07) is 5.23. The molecule has 0 saturated heterocycles. The van der Waals surface area contributed by atoms with Crippen LogP contribution in [0.15, 0.2) is 24.3 Å². The third kappa shape index (κ3) is 3.11. The highest BCUT2D eigenvalue weighted by molar-refractivity contribution is 6.38. The third-order valence-electron chi connectivity index (χ3n) is 2.88. The van der Waals surface area contributed by atoms with Gasteiger partial charge < -0.3 is 5.11 Å². The van der Waals surface area contributed by atoms with Crippen LogP contribution in [0.2, 0.25) is 10.0 Å². The van der Waals surface area contributed by atoms with Crippen LogP contribution in [0.25, 0.3) is 17.0 Å². The zero-order valence-electron chi connectivity index (χ0n) is 11.0. The van der Waals surface area contributed by atoms with Gasteiger partial charge in [-0.3, -0.25) is 4.98 Å². The number of carboxylic acids is 1. The first-order valence-electron chi connectivity index (χ1n) is 6.09. The molecule has 0 aliphatic rings. The van der Waals surface area contributed by atoms with Gasteiger partial charge in [0.1, 0.15) is 0 Å². The van der Waals surface area contributed by atoms with Crippen LogP contribution in [0.5, 0.6) is 0 Å². The second-order valence-electron chi connectivity index (χ2n) is 4.75. The average Bonchev–Trinajstić information content (AvgIpc) is 2.35. The fourth-order valence-corrected chi connectivity index (χ4v) is 2.43. The molecule has 20 heavy (non-hydrogen) atoms. The first-order valence-corrected chi connectivity index (χ1v) is 6.84. The van der Waals surface area contributed by atoms with E-state index in [4.69, 9.17) is 28.3 Å². The predicted molar refractivity (Wildman–Crippen MR) is 82.5 cm³/mol. The van der Waals surface area contributed by atoms with Crippen LogP contribution in [0.1, 0.15) is 31.0 Å². The maximum absolute atomic E-state index is 10.7. The first kappa shape index (κ1) is 14.8. The quantitative estimate of drug-likeness (QED) is 0.831. The minimum Gasteiger partial charge on any atom is -0.478 e. The second kappa shape index (κ2) is 5.81. The number of hydrogen-bond acceptors (Lipinski definition) is 2. The van der Waals surface area contributed by atoms with Crippen LogP contribution in [0.4, 0.5) is 0 Å². The number of carbonyl (C=O) groups is 1. The van der Waals surface area contributed by atoms with Crippen LogP contribution in [-0.4, -0.2) is 16.1 Å². The Kier molecular flexibility index (Phi) is 4.31. The van der Waals surface area contributed by atoms with Gasteiger partial charge in [-0.25, -0.2) is 4.79 Å². The molecule has 0 saturated carbocycles. The molecule has 0 atom stereocenters. The molecule has 0 unspecified atom stereocenters. The Hall–Kier alpha value is -1.58. The number of pyridine rings is 1. The zero-order valence-corrected chi connectivity index (χ0v) is 12.5. The van der Waals surface area contributed by atoms with Crippen molar-refractivity contribution in [3.8, 4) is 0 Å². The largest absolute Gasteiger partial charge is 0.478 e. The number of benzene rings is 1. The zero-order chi connectivity index (χ0) is 14.9. The van der Waals surface area contributed by atoms with E-state index in [9.17, 15) is 4.79 Å². The van der Waals surface area contributed by atoms with Gasteiger partial charge in [-0.2, -0.15) is 0 Å². The summed E-state index contributed by atoms with van der Waals surface area (Å²) in [7, 11) is 0. The van der Waals surface area contributed by atoms with Crippen LogP contribution in [-0.2, 0) is 4.79 Å². The van der Waals surface area contributed by atoms with Gasteiger partial charge in [0.25, 0.3) is 0 Å². The number of aromatic nitrogens is 1. The van der Waals surface area contributed by atoms with E-state index in [1.807, 2.05) is 19.9 Å². The topological polar surface area (TPSA) is 50.2 Å². The summed E-state index contributed by atoms with van der Waals surface area (Å²) in [6.45, 7) is 4.03. The number of aliphatic carboxylic acids is 1. The van der Waals surface area contributed by atoms with Gasteiger partial charge in [-0.05, 0) is 35.8 Å². The van der Waals surface area contributed by atoms with E-state index < -0.39 is 5.97 Å². The highest BCUT2D eigenvalue weighted by atomic mass is 35.5. The SMILES string of the molecule is CC(C)c1cc(/C=C/C(=O)O)c2cc(Cl)cc(Cl)c2n1. The van der Waals surface area contributed by atoms with E-state index in [1.165, 1.54) is 6.08 Å². The molecule has 0 aliphatic heterocycles. The number of carboxylic acid groups (broad SMARTS) is 1. The van der Waals surface area contributed by atoms with Crippen molar-refractivity contribution < 1.29 is 9.90 Å². The molecule has 1 aromatic heterocycles. The molecule has 1 heterocycles. The van der Waals surface area contributed by atoms with Crippen molar-refractivity contribution in [3.05, 3.63) is 45.6 Å². The fourth-order valence-electron chi connectivity index (χ4n) is 1.89. The molecule has 0 fully saturated rings. The molecule has 104 valence electrons. The van der Waals surface area contributed by atoms with E-state index in [0.717, 1.165) is 22.7 Å². The van der Waals surface area contributed by atoms with Crippen molar-refractivity contribution >= 4 is 46.2 Å². The average molecular weight is 310 g/mol. The maximum atomic E-state index is 10.7. The van der Waals surface area contributed by atoms with E-state index in [2.05, 4.69) is 4.98 Å². The Morgan fingerprint density at radius 2 is 2.00 bits per heavy atom. The van der Waals surface area contributed by atoms with Gasteiger partial charge >= 0.3 is 5.97 Å². The van der Waals surface area contributed by atoms with Gasteiger partial charge in [0.15, 0.2) is 0 Å². The molecule has 0 radical (unpaired) electrons. The van der Waals surface area contributed by atoms with Crippen LogP contribution in [0, 0.1) is 0 Å². The van der Waals surface area contributed by atoms with Gasteiger partial charge in [0.05, 0.1) is 10.5 Å². The van der Waals surface area contributed by atoms with Crippen molar-refractivity contribution in [1.29, 1.82) is 0 Å². The summed E-state index contributed by atoms with van der Waals surface area (Å²) < 4.78 is 0. The van der Waals surface area contributed by atoms with Crippen LogP contribution in [0.3, 0.4) is 0 Å². The molecule has 3 nitrogen and oxygen atoms in total. The Labute approximate surface area is 126 Å². The van der Waals surface area contributed by atoms with Crippen molar-refractivity contribution in [2.75, 3.05) is 0 Å². The number of halogens is 2. The normalized spacial score (nSPS) is 11.7. The molecule has 0 aliphatic carbocycles. The molecule has 0 bridgehead atoms. The molecule has 5 heteroatoms. The lowest BCUT2D eigenvalue weighted by Crippen LogP contribution is -1.96. The molecular weight excluding hydrogens is 297 g/mol. The summed E-state index contributed by atoms with van der Waals surface area (Å²) in [5.41, 5.74) is 2.23. The first-order chi connectivity index (χ1) is 9.38. The summed E-state index contributed by atoms with van der Waals surface area (Å²) in [6.07, 6.45) is 2.62. The Morgan fingerprint density at radius 3 is 2.60 bits per heavy atom. The molecule has 0 amide bonds. The smallest absolute Gasteiger partial charge is 0.328 e. The molecule has 2 rings (SSSR count). The van der Waals surface area contributed by atoms with Crippen molar-refractivity contribution in [2.45, 2.75) is 19.8 Å². The van der Waals surface area contributed by atoms with Gasteiger partial charge in [-0.1, -0.05) is 37.0 Å². The van der Waals surface area contributed by atoms with Gasteiger partial charge in [-0.15, -0.1) is 0 Å². The lowest BCUT2D eigenvalue weighted by Gasteiger charge is -2.11. The molecule has 0 spiro atoms. The summed E-state index contributed by atoms with van der Waals surface area (Å²) >= 11 is 12.2. The molecule has 2 aromatic rings. The van der Waals surface area contributed by atoms with Crippen molar-refractivity contribution in [3.63, 3.8) is 0 Å². The van der Waals surface area contributed by atoms with Crippen LogP contribution < -0.4 is 0 Å². The van der Waals surface area contributed by atoms with Crippen LogP contribution >= 0.6 is 23.2 Å².